The summed E-state index contributed by atoms with van der Waals surface area (Å²) >= 11 is 5.23. The third-order valence-corrected chi connectivity index (χ3v) is 4.66. The van der Waals surface area contributed by atoms with E-state index in [-0.39, 0.29) is 6.04 Å². The lowest BCUT2D eigenvalue weighted by Crippen LogP contribution is -2.31. The first kappa shape index (κ1) is 14.6. The molecule has 0 bridgehead atoms. The lowest BCUT2D eigenvalue weighted by Gasteiger charge is -2.17. The van der Waals surface area contributed by atoms with Crippen LogP contribution in [0.2, 0.25) is 0 Å². The summed E-state index contributed by atoms with van der Waals surface area (Å²) < 4.78 is 2.96. The Kier molecular flexibility index (Phi) is 4.72. The Balaban J connectivity index is 2.47. The van der Waals surface area contributed by atoms with Gasteiger partial charge in [-0.25, -0.2) is 10.4 Å². The number of aromatic nitrogens is 3. The van der Waals surface area contributed by atoms with Crippen molar-refractivity contribution in [2.24, 2.45) is 5.84 Å². The molecule has 2 heterocycles. The number of hydrogen-bond donors (Lipinski definition) is 2. The average molecular weight is 344 g/mol. The highest BCUT2D eigenvalue weighted by atomic mass is 79.9. The van der Waals surface area contributed by atoms with Crippen LogP contribution in [0.4, 0.5) is 0 Å². The van der Waals surface area contributed by atoms with Gasteiger partial charge in [-0.2, -0.15) is 5.10 Å². The average Bonchev–Trinajstić information content (AvgIpc) is 2.87. The second kappa shape index (κ2) is 6.13. The minimum atomic E-state index is -0.0883. The van der Waals surface area contributed by atoms with Crippen molar-refractivity contribution in [2.45, 2.75) is 39.8 Å². The minimum absolute atomic E-state index is 0.0883. The molecule has 7 heteroatoms. The highest BCUT2D eigenvalue weighted by Gasteiger charge is 2.24. The van der Waals surface area contributed by atoms with Gasteiger partial charge in [-0.1, -0.05) is 6.92 Å². The van der Waals surface area contributed by atoms with Crippen LogP contribution in [-0.2, 0) is 6.54 Å². The van der Waals surface area contributed by atoms with Crippen LogP contribution in [0.25, 0.3) is 0 Å². The molecular weight excluding hydrogens is 326 g/mol. The van der Waals surface area contributed by atoms with E-state index in [1.807, 2.05) is 24.7 Å². The maximum absolute atomic E-state index is 5.78. The molecule has 0 saturated heterocycles. The Morgan fingerprint density at radius 3 is 2.79 bits per heavy atom. The number of nitrogens with zero attached hydrogens (tertiary/aromatic N) is 3. The molecule has 5 nitrogen and oxygen atoms in total. The molecule has 1 unspecified atom stereocenters. The van der Waals surface area contributed by atoms with Gasteiger partial charge in [0.05, 0.1) is 38.0 Å². The van der Waals surface area contributed by atoms with Gasteiger partial charge < -0.3 is 0 Å². The molecule has 0 amide bonds. The van der Waals surface area contributed by atoms with Gasteiger partial charge in [0.1, 0.15) is 0 Å². The molecule has 2 rings (SSSR count). The Bertz CT molecular complexity index is 562. The first-order valence-corrected chi connectivity index (χ1v) is 7.80. The van der Waals surface area contributed by atoms with Crippen molar-refractivity contribution in [3.8, 4) is 0 Å². The van der Waals surface area contributed by atoms with Crippen LogP contribution in [0.5, 0.6) is 0 Å². The molecule has 104 valence electrons. The van der Waals surface area contributed by atoms with E-state index in [4.69, 9.17) is 5.84 Å². The van der Waals surface area contributed by atoms with Gasteiger partial charge in [-0.3, -0.25) is 10.5 Å². The zero-order valence-electron chi connectivity index (χ0n) is 11.3. The molecule has 0 radical (unpaired) electrons. The van der Waals surface area contributed by atoms with Crippen molar-refractivity contribution in [3.63, 3.8) is 0 Å². The van der Waals surface area contributed by atoms with Crippen LogP contribution in [0.1, 0.15) is 40.7 Å². The summed E-state index contributed by atoms with van der Waals surface area (Å²) in [5, 5.41) is 5.44. The molecule has 19 heavy (non-hydrogen) atoms. The Morgan fingerprint density at radius 1 is 1.53 bits per heavy atom. The SMILES string of the molecule is CCCn1ncc(Br)c1C(NN)c1sc(C)nc1C. The van der Waals surface area contributed by atoms with Gasteiger partial charge in [0, 0.05) is 6.54 Å². The van der Waals surface area contributed by atoms with Crippen molar-refractivity contribution in [1.82, 2.24) is 20.2 Å². The zero-order chi connectivity index (χ0) is 14.0. The van der Waals surface area contributed by atoms with E-state index in [1.54, 1.807) is 11.3 Å². The number of nitrogens with one attached hydrogen (secondary N) is 1. The lowest BCUT2D eigenvalue weighted by atomic mass is 10.1. The first-order chi connectivity index (χ1) is 9.08. The van der Waals surface area contributed by atoms with E-state index >= 15 is 0 Å². The Morgan fingerprint density at radius 2 is 2.26 bits per heavy atom. The highest BCUT2D eigenvalue weighted by Crippen LogP contribution is 2.33. The number of rotatable bonds is 5. The van der Waals surface area contributed by atoms with Gasteiger partial charge in [0.2, 0.25) is 0 Å². The number of hydrogen-bond acceptors (Lipinski definition) is 5. The minimum Gasteiger partial charge on any atom is -0.270 e. The summed E-state index contributed by atoms with van der Waals surface area (Å²) in [5.41, 5.74) is 4.96. The summed E-state index contributed by atoms with van der Waals surface area (Å²) in [5.74, 6) is 5.78. The summed E-state index contributed by atoms with van der Waals surface area (Å²) in [6.07, 6.45) is 2.84. The zero-order valence-corrected chi connectivity index (χ0v) is 13.7. The molecule has 2 aromatic rings. The molecule has 1 atom stereocenters. The predicted octanol–water partition coefficient (Wildman–Crippen LogP) is 2.68. The molecule has 0 spiro atoms. The largest absolute Gasteiger partial charge is 0.270 e. The van der Waals surface area contributed by atoms with Crippen LogP contribution in [0.15, 0.2) is 10.7 Å². The normalized spacial score (nSPS) is 12.9. The van der Waals surface area contributed by atoms with Gasteiger partial charge in [-0.05, 0) is 36.2 Å². The topological polar surface area (TPSA) is 68.8 Å². The number of halogens is 1. The summed E-state index contributed by atoms with van der Waals surface area (Å²) in [6.45, 7) is 7.02. The van der Waals surface area contributed by atoms with Crippen LogP contribution in [-0.4, -0.2) is 14.8 Å². The molecule has 0 aliphatic heterocycles. The second-order valence-corrected chi connectivity index (χ2v) is 6.47. The number of hydrazine groups is 1. The van der Waals surface area contributed by atoms with Crippen molar-refractivity contribution in [1.29, 1.82) is 0 Å². The van der Waals surface area contributed by atoms with E-state index in [1.165, 1.54) is 0 Å². The van der Waals surface area contributed by atoms with E-state index in [0.717, 1.165) is 38.7 Å². The van der Waals surface area contributed by atoms with Crippen LogP contribution < -0.4 is 11.3 Å². The van der Waals surface area contributed by atoms with Gasteiger partial charge in [0.25, 0.3) is 0 Å². The van der Waals surface area contributed by atoms with Crippen LogP contribution in [0.3, 0.4) is 0 Å². The van der Waals surface area contributed by atoms with E-state index in [0.29, 0.717) is 0 Å². The molecule has 0 aliphatic rings. The number of aryl methyl sites for hydroxylation is 3. The third-order valence-electron chi connectivity index (χ3n) is 2.91. The second-order valence-electron chi connectivity index (χ2n) is 4.38. The monoisotopic (exact) mass is 343 g/mol. The molecule has 0 aromatic carbocycles. The fourth-order valence-corrected chi connectivity index (χ4v) is 3.66. The molecule has 0 aliphatic carbocycles. The molecule has 2 aromatic heterocycles. The van der Waals surface area contributed by atoms with Crippen molar-refractivity contribution < 1.29 is 0 Å². The van der Waals surface area contributed by atoms with E-state index in [2.05, 4.69) is 38.4 Å². The fraction of sp³-hybridized carbons (Fsp3) is 0.500. The first-order valence-electron chi connectivity index (χ1n) is 6.19. The summed E-state index contributed by atoms with van der Waals surface area (Å²) in [7, 11) is 0. The summed E-state index contributed by atoms with van der Waals surface area (Å²) in [4.78, 5) is 5.61. The van der Waals surface area contributed by atoms with E-state index < -0.39 is 0 Å². The number of thiazole rings is 1. The van der Waals surface area contributed by atoms with Crippen molar-refractivity contribution in [2.75, 3.05) is 0 Å². The lowest BCUT2D eigenvalue weighted by molar-refractivity contribution is 0.522. The Hall–Kier alpha value is -0.760. The maximum atomic E-state index is 5.78. The van der Waals surface area contributed by atoms with Crippen LogP contribution >= 0.6 is 27.3 Å². The fourth-order valence-electron chi connectivity index (χ4n) is 2.14. The predicted molar refractivity (Wildman–Crippen MR) is 81.0 cm³/mol. The standard InChI is InChI=1S/C12H18BrN5S/c1-4-5-18-11(9(13)6-15-18)10(17-14)12-7(2)16-8(3)19-12/h6,10,17H,4-5,14H2,1-3H3. The van der Waals surface area contributed by atoms with Gasteiger partial charge in [0.15, 0.2) is 0 Å². The Labute approximate surface area is 125 Å². The maximum Gasteiger partial charge on any atom is 0.1000 e. The van der Waals surface area contributed by atoms with Crippen molar-refractivity contribution in [3.05, 3.63) is 31.9 Å². The van der Waals surface area contributed by atoms with Crippen molar-refractivity contribution >= 4 is 27.3 Å². The van der Waals surface area contributed by atoms with Gasteiger partial charge in [-0.15, -0.1) is 11.3 Å². The van der Waals surface area contributed by atoms with Crippen LogP contribution in [0, 0.1) is 13.8 Å². The van der Waals surface area contributed by atoms with Gasteiger partial charge >= 0.3 is 0 Å². The summed E-state index contributed by atoms with van der Waals surface area (Å²) in [6, 6.07) is -0.0883. The number of nitrogens with two attached hydrogens (primary N) is 1. The molecular formula is C12H18BrN5S. The molecule has 3 N–H and O–H groups in total. The molecule has 0 fully saturated rings. The quantitative estimate of drug-likeness (QED) is 0.646. The smallest absolute Gasteiger partial charge is 0.1000 e. The highest BCUT2D eigenvalue weighted by molar-refractivity contribution is 9.10. The third kappa shape index (κ3) is 2.89. The van der Waals surface area contributed by atoms with E-state index in [9.17, 15) is 0 Å². The molecule has 0 saturated carbocycles.